The molecule has 0 saturated heterocycles. The molecule has 1 aliphatic rings. The summed E-state index contributed by atoms with van der Waals surface area (Å²) in [5.74, 6) is 0.840. The average molecular weight is 347 g/mol. The summed E-state index contributed by atoms with van der Waals surface area (Å²) in [5, 5.41) is 3.29. The molecule has 0 spiro atoms. The van der Waals surface area contributed by atoms with E-state index >= 15 is 0 Å². The standard InChI is InChI=1S/C18H19ClN2O3/c1-21(14-6-3-2-4-7-14)9-5-8-20-18(22)13-10-15(19)17-16(11-13)23-12-24-17/h2-4,6-7,10-11H,5,8-9,12H2,1H3,(H,20,22). The molecule has 0 aromatic heterocycles. The number of halogens is 1. The van der Waals surface area contributed by atoms with E-state index in [-0.39, 0.29) is 12.7 Å². The Balaban J connectivity index is 1.49. The molecule has 1 aliphatic heterocycles. The van der Waals surface area contributed by atoms with Crippen LogP contribution in [0.1, 0.15) is 16.8 Å². The summed E-state index contributed by atoms with van der Waals surface area (Å²) >= 11 is 6.10. The van der Waals surface area contributed by atoms with Gasteiger partial charge in [-0.25, -0.2) is 0 Å². The first-order chi connectivity index (χ1) is 11.6. The monoisotopic (exact) mass is 346 g/mol. The summed E-state index contributed by atoms with van der Waals surface area (Å²) in [7, 11) is 2.04. The largest absolute Gasteiger partial charge is 0.454 e. The van der Waals surface area contributed by atoms with Gasteiger partial charge in [-0.1, -0.05) is 29.8 Å². The Hall–Kier alpha value is -2.40. The lowest BCUT2D eigenvalue weighted by Gasteiger charge is -2.19. The second kappa shape index (κ2) is 7.45. The van der Waals surface area contributed by atoms with Gasteiger partial charge in [0.15, 0.2) is 11.5 Å². The average Bonchev–Trinajstić information content (AvgIpc) is 3.08. The van der Waals surface area contributed by atoms with Crippen LogP contribution in [-0.4, -0.2) is 32.8 Å². The number of amides is 1. The molecule has 2 aromatic carbocycles. The minimum Gasteiger partial charge on any atom is -0.454 e. The molecule has 2 aromatic rings. The van der Waals surface area contributed by atoms with Crippen molar-refractivity contribution in [2.24, 2.45) is 0 Å². The SMILES string of the molecule is CN(CCCNC(=O)c1cc(Cl)c2c(c1)OCO2)c1ccccc1. The van der Waals surface area contributed by atoms with Crippen LogP contribution in [0.15, 0.2) is 42.5 Å². The molecule has 0 unspecified atom stereocenters. The van der Waals surface area contributed by atoms with E-state index in [9.17, 15) is 4.79 Å². The number of benzene rings is 2. The van der Waals surface area contributed by atoms with Crippen molar-refractivity contribution in [2.45, 2.75) is 6.42 Å². The molecule has 5 nitrogen and oxygen atoms in total. The zero-order valence-electron chi connectivity index (χ0n) is 13.4. The van der Waals surface area contributed by atoms with E-state index < -0.39 is 0 Å². The lowest BCUT2D eigenvalue weighted by molar-refractivity contribution is 0.0953. The van der Waals surface area contributed by atoms with Crippen molar-refractivity contribution in [2.75, 3.05) is 31.8 Å². The summed E-state index contributed by atoms with van der Waals surface area (Å²) in [6, 6.07) is 13.4. The highest BCUT2D eigenvalue weighted by Crippen LogP contribution is 2.39. The smallest absolute Gasteiger partial charge is 0.251 e. The number of hydrogen-bond donors (Lipinski definition) is 1. The number of hydrogen-bond acceptors (Lipinski definition) is 4. The number of nitrogens with one attached hydrogen (secondary N) is 1. The van der Waals surface area contributed by atoms with E-state index in [4.69, 9.17) is 21.1 Å². The van der Waals surface area contributed by atoms with Gasteiger partial charge in [0.2, 0.25) is 6.79 Å². The van der Waals surface area contributed by atoms with Crippen LogP contribution < -0.4 is 19.7 Å². The Morgan fingerprint density at radius 3 is 2.83 bits per heavy atom. The van der Waals surface area contributed by atoms with E-state index in [1.807, 2.05) is 25.2 Å². The maximum Gasteiger partial charge on any atom is 0.251 e. The number of nitrogens with zero attached hydrogens (tertiary/aromatic N) is 1. The normalized spacial score (nSPS) is 12.1. The number of carbonyl (C=O) groups excluding carboxylic acids is 1. The second-order valence-corrected chi connectivity index (χ2v) is 5.97. The van der Waals surface area contributed by atoms with Gasteiger partial charge in [-0.05, 0) is 30.7 Å². The lowest BCUT2D eigenvalue weighted by Crippen LogP contribution is -2.28. The first-order valence-corrected chi connectivity index (χ1v) is 8.16. The molecule has 0 fully saturated rings. The highest BCUT2D eigenvalue weighted by atomic mass is 35.5. The van der Waals surface area contributed by atoms with Gasteiger partial charge in [-0.15, -0.1) is 0 Å². The summed E-state index contributed by atoms with van der Waals surface area (Å²) in [5.41, 5.74) is 1.63. The van der Waals surface area contributed by atoms with Crippen LogP contribution in [-0.2, 0) is 0 Å². The quantitative estimate of drug-likeness (QED) is 0.815. The van der Waals surface area contributed by atoms with Crippen LogP contribution in [0.2, 0.25) is 5.02 Å². The molecular weight excluding hydrogens is 328 g/mol. The Morgan fingerprint density at radius 1 is 1.25 bits per heavy atom. The molecule has 0 aliphatic carbocycles. The maximum atomic E-state index is 12.2. The van der Waals surface area contributed by atoms with E-state index in [0.29, 0.717) is 28.6 Å². The molecule has 24 heavy (non-hydrogen) atoms. The Morgan fingerprint density at radius 2 is 2.04 bits per heavy atom. The van der Waals surface area contributed by atoms with Gasteiger partial charge in [0.1, 0.15) is 0 Å². The number of rotatable bonds is 6. The third-order valence-corrected chi connectivity index (χ3v) is 4.12. The number of anilines is 1. The number of fused-ring (bicyclic) bond motifs is 1. The van der Waals surface area contributed by atoms with Crippen molar-refractivity contribution in [1.82, 2.24) is 5.32 Å². The molecule has 0 bridgehead atoms. The van der Waals surface area contributed by atoms with Crippen LogP contribution >= 0.6 is 11.6 Å². The van der Waals surface area contributed by atoms with Crippen molar-refractivity contribution in [1.29, 1.82) is 0 Å². The van der Waals surface area contributed by atoms with Gasteiger partial charge in [-0.3, -0.25) is 4.79 Å². The molecule has 0 saturated carbocycles. The molecule has 126 valence electrons. The minimum atomic E-state index is -0.169. The summed E-state index contributed by atoms with van der Waals surface area (Å²) < 4.78 is 10.5. The zero-order chi connectivity index (χ0) is 16.9. The van der Waals surface area contributed by atoms with Crippen molar-refractivity contribution < 1.29 is 14.3 Å². The number of ether oxygens (including phenoxy) is 2. The van der Waals surface area contributed by atoms with E-state index in [1.165, 1.54) is 0 Å². The van der Waals surface area contributed by atoms with Crippen LogP contribution in [0.4, 0.5) is 5.69 Å². The van der Waals surface area contributed by atoms with Crippen molar-refractivity contribution in [3.05, 3.63) is 53.1 Å². The molecule has 0 atom stereocenters. The third-order valence-electron chi connectivity index (χ3n) is 3.84. The molecule has 1 N–H and O–H groups in total. The van der Waals surface area contributed by atoms with Crippen molar-refractivity contribution >= 4 is 23.2 Å². The molecular formula is C18H19ClN2O3. The number of carbonyl (C=O) groups is 1. The van der Waals surface area contributed by atoms with Gasteiger partial charge in [-0.2, -0.15) is 0 Å². The first-order valence-electron chi connectivity index (χ1n) is 7.78. The van der Waals surface area contributed by atoms with Crippen molar-refractivity contribution in [3.63, 3.8) is 0 Å². The third kappa shape index (κ3) is 3.74. The van der Waals surface area contributed by atoms with E-state index in [2.05, 4.69) is 22.3 Å². The highest BCUT2D eigenvalue weighted by Gasteiger charge is 2.20. The zero-order valence-corrected chi connectivity index (χ0v) is 14.2. The van der Waals surface area contributed by atoms with Crippen LogP contribution in [0, 0.1) is 0 Å². The molecule has 0 radical (unpaired) electrons. The van der Waals surface area contributed by atoms with E-state index in [1.54, 1.807) is 12.1 Å². The number of para-hydroxylation sites is 1. The van der Waals surface area contributed by atoms with Gasteiger partial charge >= 0.3 is 0 Å². The van der Waals surface area contributed by atoms with Crippen LogP contribution in [0.5, 0.6) is 11.5 Å². The fourth-order valence-electron chi connectivity index (χ4n) is 2.53. The summed E-state index contributed by atoms with van der Waals surface area (Å²) in [6.07, 6.45) is 0.843. The fourth-order valence-corrected chi connectivity index (χ4v) is 2.80. The maximum absolute atomic E-state index is 12.2. The first kappa shape index (κ1) is 16.5. The molecule has 6 heteroatoms. The Labute approximate surface area is 146 Å². The molecule has 1 amide bonds. The fraction of sp³-hybridized carbons (Fsp3) is 0.278. The molecule has 3 rings (SSSR count). The molecule has 1 heterocycles. The van der Waals surface area contributed by atoms with Gasteiger partial charge < -0.3 is 19.7 Å². The van der Waals surface area contributed by atoms with Crippen molar-refractivity contribution in [3.8, 4) is 11.5 Å². The summed E-state index contributed by atoms with van der Waals surface area (Å²) in [4.78, 5) is 14.4. The van der Waals surface area contributed by atoms with Gasteiger partial charge in [0.25, 0.3) is 5.91 Å². The second-order valence-electron chi connectivity index (χ2n) is 5.56. The van der Waals surface area contributed by atoms with E-state index in [0.717, 1.165) is 18.7 Å². The highest BCUT2D eigenvalue weighted by molar-refractivity contribution is 6.32. The predicted molar refractivity (Wildman–Crippen MR) is 94.2 cm³/mol. The Bertz CT molecular complexity index is 722. The predicted octanol–water partition coefficient (Wildman–Crippen LogP) is 3.33. The Kier molecular flexibility index (Phi) is 5.11. The topological polar surface area (TPSA) is 50.8 Å². The summed E-state index contributed by atoms with van der Waals surface area (Å²) in [6.45, 7) is 1.57. The van der Waals surface area contributed by atoms with Crippen LogP contribution in [0.25, 0.3) is 0 Å². The minimum absolute atomic E-state index is 0.131. The van der Waals surface area contributed by atoms with Crippen LogP contribution in [0.3, 0.4) is 0 Å². The van der Waals surface area contributed by atoms with Gasteiger partial charge in [0.05, 0.1) is 5.02 Å². The lowest BCUT2D eigenvalue weighted by atomic mass is 10.2. The van der Waals surface area contributed by atoms with Gasteiger partial charge in [0, 0.05) is 31.4 Å².